The molecule has 0 atom stereocenters. The van der Waals surface area contributed by atoms with Gasteiger partial charge in [0.25, 0.3) is 5.91 Å². The number of alkyl halides is 3. The molecule has 0 aromatic heterocycles. The van der Waals surface area contributed by atoms with Crippen LogP contribution in [0.2, 0.25) is 0 Å². The third-order valence-corrected chi connectivity index (χ3v) is 5.08. The highest BCUT2D eigenvalue weighted by Crippen LogP contribution is 2.40. The maximum Gasteiger partial charge on any atom is 0.416 e. The molecule has 0 saturated carbocycles. The van der Waals surface area contributed by atoms with Crippen molar-refractivity contribution in [1.82, 2.24) is 5.43 Å². The van der Waals surface area contributed by atoms with E-state index in [1.54, 1.807) is 19.1 Å². The van der Waals surface area contributed by atoms with E-state index in [0.29, 0.717) is 35.8 Å². The van der Waals surface area contributed by atoms with Crippen molar-refractivity contribution < 1.29 is 41.8 Å². The quantitative estimate of drug-likeness (QED) is 0.178. The van der Waals surface area contributed by atoms with Crippen molar-refractivity contribution in [3.05, 3.63) is 81.4 Å². The number of carbonyl (C=O) groups excluding carboxylic acids is 1. The highest BCUT2D eigenvalue weighted by molar-refractivity contribution is 5.95. The van der Waals surface area contributed by atoms with E-state index in [2.05, 4.69) is 10.5 Å². The summed E-state index contributed by atoms with van der Waals surface area (Å²) in [5.41, 5.74) is 1.11. The number of amides is 1. The van der Waals surface area contributed by atoms with Gasteiger partial charge in [-0.3, -0.25) is 14.9 Å². The molecule has 0 unspecified atom stereocenters. The van der Waals surface area contributed by atoms with Crippen molar-refractivity contribution in [2.24, 2.45) is 5.10 Å². The molecule has 0 radical (unpaired) electrons. The van der Waals surface area contributed by atoms with Crippen molar-refractivity contribution in [3.63, 3.8) is 0 Å². The van der Waals surface area contributed by atoms with Crippen LogP contribution in [0, 0.1) is 10.1 Å². The molecular weight excluding hydrogens is 523 g/mol. The number of methoxy groups -OCH3 is 1. The van der Waals surface area contributed by atoms with Crippen LogP contribution in [0.25, 0.3) is 0 Å². The lowest BCUT2D eigenvalue weighted by Gasteiger charge is -2.13. The molecule has 0 aliphatic heterocycles. The van der Waals surface area contributed by atoms with Gasteiger partial charge in [-0.2, -0.15) is 18.3 Å². The van der Waals surface area contributed by atoms with Crippen molar-refractivity contribution in [3.8, 4) is 28.7 Å². The molecule has 0 heterocycles. The van der Waals surface area contributed by atoms with Crippen LogP contribution in [-0.4, -0.2) is 37.4 Å². The molecule has 0 fully saturated rings. The Bertz CT molecular complexity index is 1380. The lowest BCUT2D eigenvalue weighted by atomic mass is 10.1. The minimum atomic E-state index is -4.75. The first-order valence-electron chi connectivity index (χ1n) is 11.5. The van der Waals surface area contributed by atoms with Gasteiger partial charge in [0, 0.05) is 11.6 Å². The van der Waals surface area contributed by atoms with Crippen molar-refractivity contribution >= 4 is 17.8 Å². The summed E-state index contributed by atoms with van der Waals surface area (Å²) in [5.74, 6) is 0.160. The summed E-state index contributed by atoms with van der Waals surface area (Å²) in [7, 11) is 1.46. The molecular formula is C26H24F3N3O7. The Balaban J connectivity index is 1.79. The van der Waals surface area contributed by atoms with E-state index < -0.39 is 34.0 Å². The largest absolute Gasteiger partial charge is 0.493 e. The lowest BCUT2D eigenvalue weighted by molar-refractivity contribution is -0.385. The van der Waals surface area contributed by atoms with E-state index >= 15 is 0 Å². The van der Waals surface area contributed by atoms with Gasteiger partial charge in [0.15, 0.2) is 23.0 Å². The highest BCUT2D eigenvalue weighted by Gasteiger charge is 2.33. The van der Waals surface area contributed by atoms with Gasteiger partial charge in [0.2, 0.25) is 5.75 Å². The first-order chi connectivity index (χ1) is 18.6. The van der Waals surface area contributed by atoms with Crippen LogP contribution >= 0.6 is 0 Å². The zero-order chi connectivity index (χ0) is 28.6. The van der Waals surface area contributed by atoms with Crippen LogP contribution in [0.15, 0.2) is 59.7 Å². The Kier molecular flexibility index (Phi) is 9.31. The molecule has 1 amide bonds. The Morgan fingerprint density at radius 1 is 0.949 bits per heavy atom. The number of ether oxygens (including phenoxy) is 4. The van der Waals surface area contributed by atoms with Gasteiger partial charge in [-0.05, 0) is 67.9 Å². The fourth-order valence-electron chi connectivity index (χ4n) is 3.31. The minimum absolute atomic E-state index is 0.0300. The van der Waals surface area contributed by atoms with Crippen LogP contribution in [0.3, 0.4) is 0 Å². The molecule has 1 N–H and O–H groups in total. The number of nitrogens with one attached hydrogen (secondary N) is 1. The van der Waals surface area contributed by atoms with Crippen molar-refractivity contribution in [2.75, 3.05) is 20.3 Å². The molecule has 3 rings (SSSR count). The molecule has 3 aromatic carbocycles. The van der Waals surface area contributed by atoms with E-state index in [4.69, 9.17) is 18.9 Å². The Labute approximate surface area is 221 Å². The molecule has 0 saturated heterocycles. The second kappa shape index (κ2) is 12.6. The van der Waals surface area contributed by atoms with Crippen molar-refractivity contribution in [1.29, 1.82) is 0 Å². The average Bonchev–Trinajstić information content (AvgIpc) is 2.90. The Hall–Kier alpha value is -4.81. The number of halogens is 3. The predicted molar refractivity (Wildman–Crippen MR) is 135 cm³/mol. The maximum absolute atomic E-state index is 13.0. The van der Waals surface area contributed by atoms with Gasteiger partial charge in [0.1, 0.15) is 0 Å². The summed E-state index contributed by atoms with van der Waals surface area (Å²) in [4.78, 5) is 22.9. The summed E-state index contributed by atoms with van der Waals surface area (Å²) in [6.07, 6.45) is -3.42. The summed E-state index contributed by atoms with van der Waals surface area (Å²) in [5, 5.41) is 15.3. The number of hydrogen-bond donors (Lipinski definition) is 1. The summed E-state index contributed by atoms with van der Waals surface area (Å²) < 4.78 is 60.7. The van der Waals surface area contributed by atoms with Gasteiger partial charge in [-0.1, -0.05) is 0 Å². The lowest BCUT2D eigenvalue weighted by Crippen LogP contribution is -2.17. The molecule has 10 nitrogen and oxygen atoms in total. The van der Waals surface area contributed by atoms with E-state index in [0.717, 1.165) is 6.07 Å². The molecule has 39 heavy (non-hydrogen) atoms. The topological polar surface area (TPSA) is 122 Å². The fourth-order valence-corrected chi connectivity index (χ4v) is 3.31. The van der Waals surface area contributed by atoms with Crippen molar-refractivity contribution in [2.45, 2.75) is 20.0 Å². The molecule has 3 aromatic rings. The third kappa shape index (κ3) is 7.37. The molecule has 206 valence electrons. The monoisotopic (exact) mass is 547 g/mol. The van der Waals surface area contributed by atoms with E-state index in [1.165, 1.54) is 37.6 Å². The number of nitro benzene ring substituents is 1. The summed E-state index contributed by atoms with van der Waals surface area (Å²) >= 11 is 0. The normalized spacial score (nSPS) is 11.2. The Morgan fingerprint density at radius 3 is 2.26 bits per heavy atom. The van der Waals surface area contributed by atoms with Gasteiger partial charge in [0.05, 0.1) is 37.0 Å². The summed E-state index contributed by atoms with van der Waals surface area (Å²) in [6, 6.07) is 11.0. The van der Waals surface area contributed by atoms with E-state index in [1.807, 2.05) is 6.92 Å². The number of carbonyl (C=O) groups is 1. The Morgan fingerprint density at radius 2 is 1.62 bits per heavy atom. The summed E-state index contributed by atoms with van der Waals surface area (Å²) in [6.45, 7) is 4.14. The molecule has 0 aliphatic rings. The average molecular weight is 547 g/mol. The van der Waals surface area contributed by atoms with E-state index in [9.17, 15) is 28.1 Å². The van der Waals surface area contributed by atoms with Crippen LogP contribution < -0.4 is 24.4 Å². The second-order valence-electron chi connectivity index (χ2n) is 7.68. The standard InChI is InChI=1S/C26H24F3N3O7/c1-4-37-21-10-7-17(13-23(21)36-3)25(33)31-30-15-16-6-9-22(24(12-16)38-5-2)39-20-11-8-18(26(27,28)29)14-19(20)32(34)35/h6-15H,4-5H2,1-3H3,(H,31,33)/b30-15+. The molecule has 0 spiro atoms. The number of nitrogens with zero attached hydrogens (tertiary/aromatic N) is 2. The second-order valence-corrected chi connectivity index (χ2v) is 7.68. The first-order valence-corrected chi connectivity index (χ1v) is 11.5. The number of nitro groups is 1. The zero-order valence-corrected chi connectivity index (χ0v) is 21.1. The van der Waals surface area contributed by atoms with Gasteiger partial charge < -0.3 is 18.9 Å². The first kappa shape index (κ1) is 28.8. The number of rotatable bonds is 11. The molecule has 13 heteroatoms. The number of hydrazone groups is 1. The SMILES string of the molecule is CCOc1ccc(C(=O)N/N=C/c2ccc(Oc3ccc(C(F)(F)F)cc3[N+](=O)[O-])c(OCC)c2)cc1OC. The predicted octanol–water partition coefficient (Wildman–Crippen LogP) is 5.98. The van der Waals surface area contributed by atoms with Gasteiger partial charge in [-0.25, -0.2) is 5.43 Å². The minimum Gasteiger partial charge on any atom is -0.493 e. The zero-order valence-electron chi connectivity index (χ0n) is 21.1. The van der Waals surface area contributed by atoms with Crippen LogP contribution in [0.4, 0.5) is 18.9 Å². The van der Waals surface area contributed by atoms with Crippen LogP contribution in [-0.2, 0) is 6.18 Å². The number of benzene rings is 3. The van der Waals surface area contributed by atoms with Crippen LogP contribution in [0.5, 0.6) is 28.7 Å². The van der Waals surface area contributed by atoms with Crippen LogP contribution in [0.1, 0.15) is 35.3 Å². The highest BCUT2D eigenvalue weighted by atomic mass is 19.4. The molecule has 0 bridgehead atoms. The smallest absolute Gasteiger partial charge is 0.416 e. The fraction of sp³-hybridized carbons (Fsp3) is 0.231. The third-order valence-electron chi connectivity index (χ3n) is 5.08. The molecule has 0 aliphatic carbocycles. The maximum atomic E-state index is 13.0. The number of hydrogen-bond acceptors (Lipinski definition) is 8. The van der Waals surface area contributed by atoms with E-state index in [-0.39, 0.29) is 23.7 Å². The van der Waals surface area contributed by atoms with Gasteiger partial charge in [-0.15, -0.1) is 0 Å². The van der Waals surface area contributed by atoms with Gasteiger partial charge >= 0.3 is 11.9 Å².